The number of hydrogen-bond acceptors (Lipinski definition) is 3. The molecule has 4 N–H and O–H groups in total. The monoisotopic (exact) mass is 253 g/mol. The van der Waals surface area contributed by atoms with Crippen molar-refractivity contribution in [3.05, 3.63) is 30.1 Å². The van der Waals surface area contributed by atoms with Gasteiger partial charge in [-0.2, -0.15) is 0 Å². The molecule has 0 bridgehead atoms. The Hall–Kier alpha value is -1.78. The SMILES string of the molecule is CC(C)(CCCNc1ccc(F)cc1)C(N)=NO. The fraction of sp³-hybridized carbons (Fsp3) is 0.462. The van der Waals surface area contributed by atoms with Gasteiger partial charge in [0.1, 0.15) is 11.7 Å². The highest BCUT2D eigenvalue weighted by molar-refractivity contribution is 5.85. The van der Waals surface area contributed by atoms with Gasteiger partial charge in [-0.05, 0) is 37.1 Å². The molecule has 1 aromatic carbocycles. The fourth-order valence-corrected chi connectivity index (χ4v) is 1.59. The first-order chi connectivity index (χ1) is 8.45. The van der Waals surface area contributed by atoms with E-state index in [2.05, 4.69) is 10.5 Å². The molecule has 0 saturated heterocycles. The minimum Gasteiger partial charge on any atom is -0.409 e. The Bertz CT molecular complexity index is 401. The maximum atomic E-state index is 12.7. The van der Waals surface area contributed by atoms with Gasteiger partial charge in [-0.1, -0.05) is 19.0 Å². The van der Waals surface area contributed by atoms with Gasteiger partial charge in [-0.25, -0.2) is 4.39 Å². The van der Waals surface area contributed by atoms with Gasteiger partial charge in [0.05, 0.1) is 0 Å². The smallest absolute Gasteiger partial charge is 0.144 e. The average Bonchev–Trinajstić information content (AvgIpc) is 2.35. The van der Waals surface area contributed by atoms with E-state index in [9.17, 15) is 4.39 Å². The highest BCUT2D eigenvalue weighted by Gasteiger charge is 2.22. The first-order valence-electron chi connectivity index (χ1n) is 5.93. The second kappa shape index (κ2) is 6.23. The molecule has 0 fully saturated rings. The van der Waals surface area contributed by atoms with Gasteiger partial charge in [0.2, 0.25) is 0 Å². The van der Waals surface area contributed by atoms with E-state index in [0.717, 1.165) is 25.1 Å². The zero-order valence-electron chi connectivity index (χ0n) is 10.8. The molecule has 5 heteroatoms. The third kappa shape index (κ3) is 4.24. The molecule has 1 rings (SSSR count). The van der Waals surface area contributed by atoms with Gasteiger partial charge < -0.3 is 16.3 Å². The van der Waals surface area contributed by atoms with Gasteiger partial charge in [0, 0.05) is 17.6 Å². The highest BCUT2D eigenvalue weighted by atomic mass is 19.1. The number of amidine groups is 1. The fourth-order valence-electron chi connectivity index (χ4n) is 1.59. The Balaban J connectivity index is 2.33. The normalized spacial score (nSPS) is 12.5. The second-order valence-corrected chi connectivity index (χ2v) is 4.91. The summed E-state index contributed by atoms with van der Waals surface area (Å²) in [7, 11) is 0. The number of oxime groups is 1. The average molecular weight is 253 g/mol. The molecule has 0 atom stereocenters. The minimum atomic E-state index is -0.320. The number of hydrogen-bond donors (Lipinski definition) is 3. The summed E-state index contributed by atoms with van der Waals surface area (Å²) >= 11 is 0. The van der Waals surface area contributed by atoms with Crippen LogP contribution < -0.4 is 11.1 Å². The van der Waals surface area contributed by atoms with Crippen LogP contribution in [-0.2, 0) is 0 Å². The zero-order valence-corrected chi connectivity index (χ0v) is 10.8. The first kappa shape index (κ1) is 14.3. The summed E-state index contributed by atoms with van der Waals surface area (Å²) in [6.07, 6.45) is 1.68. The lowest BCUT2D eigenvalue weighted by Crippen LogP contribution is -2.32. The van der Waals surface area contributed by atoms with Crippen molar-refractivity contribution in [3.63, 3.8) is 0 Å². The lowest BCUT2D eigenvalue weighted by molar-refractivity contribution is 0.305. The van der Waals surface area contributed by atoms with E-state index in [1.807, 2.05) is 13.8 Å². The summed E-state index contributed by atoms with van der Waals surface area (Å²) in [5.41, 5.74) is 6.17. The van der Waals surface area contributed by atoms with E-state index in [1.54, 1.807) is 12.1 Å². The molecule has 0 aliphatic carbocycles. The molecule has 4 nitrogen and oxygen atoms in total. The molecule has 100 valence electrons. The highest BCUT2D eigenvalue weighted by Crippen LogP contribution is 2.22. The van der Waals surface area contributed by atoms with Crippen LogP contribution in [0.15, 0.2) is 29.4 Å². The lowest BCUT2D eigenvalue weighted by Gasteiger charge is -2.22. The van der Waals surface area contributed by atoms with Crippen LogP contribution >= 0.6 is 0 Å². The summed E-state index contributed by atoms with van der Waals surface area (Å²) in [5.74, 6) is -0.00195. The van der Waals surface area contributed by atoms with Crippen molar-refractivity contribution in [1.82, 2.24) is 0 Å². The molecule has 0 aliphatic heterocycles. The number of anilines is 1. The predicted molar refractivity (Wildman–Crippen MR) is 71.3 cm³/mol. The number of rotatable bonds is 6. The van der Waals surface area contributed by atoms with Crippen molar-refractivity contribution < 1.29 is 9.60 Å². The quantitative estimate of drug-likeness (QED) is 0.240. The minimum absolute atomic E-state index is 0.240. The Morgan fingerprint density at radius 3 is 2.56 bits per heavy atom. The second-order valence-electron chi connectivity index (χ2n) is 4.91. The van der Waals surface area contributed by atoms with Crippen LogP contribution in [0.25, 0.3) is 0 Å². The Morgan fingerprint density at radius 2 is 2.00 bits per heavy atom. The lowest BCUT2D eigenvalue weighted by atomic mass is 9.86. The number of nitrogens with two attached hydrogens (primary N) is 1. The molecule has 0 heterocycles. The molecule has 0 spiro atoms. The number of halogens is 1. The number of nitrogens with one attached hydrogen (secondary N) is 1. The molecule has 18 heavy (non-hydrogen) atoms. The van der Waals surface area contributed by atoms with Crippen LogP contribution in [-0.4, -0.2) is 17.6 Å². The molecule has 0 aliphatic rings. The topological polar surface area (TPSA) is 70.6 Å². The Labute approximate surface area is 107 Å². The Morgan fingerprint density at radius 1 is 1.39 bits per heavy atom. The van der Waals surface area contributed by atoms with Crippen LogP contribution in [0.5, 0.6) is 0 Å². The zero-order chi connectivity index (χ0) is 13.6. The van der Waals surface area contributed by atoms with E-state index >= 15 is 0 Å². The Kier molecular flexibility index (Phi) is 4.95. The van der Waals surface area contributed by atoms with Crippen LogP contribution in [0.3, 0.4) is 0 Å². The van der Waals surface area contributed by atoms with Crippen molar-refractivity contribution in [2.45, 2.75) is 26.7 Å². The van der Waals surface area contributed by atoms with Crippen LogP contribution in [0.1, 0.15) is 26.7 Å². The number of benzene rings is 1. The maximum absolute atomic E-state index is 12.7. The summed E-state index contributed by atoms with van der Waals surface area (Å²) in [5, 5.41) is 14.9. The van der Waals surface area contributed by atoms with Crippen LogP contribution in [0, 0.1) is 11.2 Å². The van der Waals surface area contributed by atoms with E-state index in [-0.39, 0.29) is 17.1 Å². The summed E-state index contributed by atoms with van der Waals surface area (Å²) < 4.78 is 12.7. The molecule has 0 radical (unpaired) electrons. The van der Waals surface area contributed by atoms with E-state index in [4.69, 9.17) is 10.9 Å². The van der Waals surface area contributed by atoms with Crippen LogP contribution in [0.4, 0.5) is 10.1 Å². The van der Waals surface area contributed by atoms with Crippen molar-refractivity contribution in [2.75, 3.05) is 11.9 Å². The van der Waals surface area contributed by atoms with Gasteiger partial charge in [-0.15, -0.1) is 0 Å². The van der Waals surface area contributed by atoms with Crippen LogP contribution in [0.2, 0.25) is 0 Å². The first-order valence-corrected chi connectivity index (χ1v) is 5.93. The summed E-state index contributed by atoms with van der Waals surface area (Å²) in [6, 6.07) is 6.24. The molecule has 0 saturated carbocycles. The predicted octanol–water partition coefficient (Wildman–Crippen LogP) is 2.79. The van der Waals surface area contributed by atoms with Crippen molar-refractivity contribution in [1.29, 1.82) is 0 Å². The molecule has 1 aromatic rings. The number of nitrogens with zero attached hydrogens (tertiary/aromatic N) is 1. The third-order valence-corrected chi connectivity index (χ3v) is 2.95. The van der Waals surface area contributed by atoms with Crippen molar-refractivity contribution in [2.24, 2.45) is 16.3 Å². The van der Waals surface area contributed by atoms with Gasteiger partial charge in [0.15, 0.2) is 0 Å². The molecular weight excluding hydrogens is 233 g/mol. The maximum Gasteiger partial charge on any atom is 0.144 e. The van der Waals surface area contributed by atoms with Gasteiger partial charge in [-0.3, -0.25) is 0 Å². The molecule has 0 aromatic heterocycles. The van der Waals surface area contributed by atoms with Gasteiger partial charge in [0.25, 0.3) is 0 Å². The van der Waals surface area contributed by atoms with E-state index in [0.29, 0.717) is 0 Å². The molecular formula is C13H20FN3O. The van der Waals surface area contributed by atoms with E-state index in [1.165, 1.54) is 12.1 Å². The van der Waals surface area contributed by atoms with E-state index < -0.39 is 0 Å². The summed E-state index contributed by atoms with van der Waals surface area (Å²) in [4.78, 5) is 0. The molecule has 0 amide bonds. The third-order valence-electron chi connectivity index (χ3n) is 2.95. The van der Waals surface area contributed by atoms with Crippen molar-refractivity contribution >= 4 is 11.5 Å². The standard InChI is InChI=1S/C13H20FN3O/c1-13(2,12(15)17-18)8-3-9-16-11-6-4-10(14)5-7-11/h4-7,16,18H,3,8-9H2,1-2H3,(H2,15,17). The molecule has 0 unspecified atom stereocenters. The van der Waals surface area contributed by atoms with Gasteiger partial charge >= 0.3 is 0 Å². The largest absolute Gasteiger partial charge is 0.409 e. The summed E-state index contributed by atoms with van der Waals surface area (Å²) in [6.45, 7) is 4.62. The van der Waals surface area contributed by atoms with Crippen molar-refractivity contribution in [3.8, 4) is 0 Å².